The van der Waals surface area contributed by atoms with Crippen LogP contribution in [0.1, 0.15) is 19.3 Å². The van der Waals surface area contributed by atoms with E-state index in [0.29, 0.717) is 12.5 Å². The van der Waals surface area contributed by atoms with Gasteiger partial charge in [0.2, 0.25) is 0 Å². The van der Waals surface area contributed by atoms with Crippen molar-refractivity contribution in [1.29, 1.82) is 0 Å². The fourth-order valence-corrected chi connectivity index (χ4v) is 3.48. The normalized spacial score (nSPS) is 15.3. The van der Waals surface area contributed by atoms with E-state index in [2.05, 4.69) is 41.4 Å². The van der Waals surface area contributed by atoms with Crippen molar-refractivity contribution in [2.24, 2.45) is 0 Å². The van der Waals surface area contributed by atoms with Crippen LogP contribution in [0.25, 0.3) is 0 Å². The maximum Gasteiger partial charge on any atom is 0.306 e. The molecule has 0 spiro atoms. The molecule has 1 aromatic heterocycles. The molecule has 144 valence electrons. The first-order chi connectivity index (χ1) is 13.1. The molecule has 27 heavy (non-hydrogen) atoms. The van der Waals surface area contributed by atoms with E-state index in [9.17, 15) is 4.79 Å². The minimum absolute atomic E-state index is 0.151. The second kappa shape index (κ2) is 9.66. The van der Waals surface area contributed by atoms with Crippen LogP contribution in [0, 0.1) is 0 Å². The number of nitrogens with zero attached hydrogens (tertiary/aromatic N) is 3. The van der Waals surface area contributed by atoms with Gasteiger partial charge in [0.05, 0.1) is 13.5 Å². The lowest BCUT2D eigenvalue weighted by atomic mass is 10.0. The molecule has 1 fully saturated rings. The third-order valence-electron chi connectivity index (χ3n) is 4.56. The van der Waals surface area contributed by atoms with E-state index < -0.39 is 0 Å². The zero-order valence-corrected chi connectivity index (χ0v) is 16.9. The number of rotatable bonds is 7. The van der Waals surface area contributed by atoms with Crippen molar-refractivity contribution in [2.75, 3.05) is 37.4 Å². The highest BCUT2D eigenvalue weighted by molar-refractivity contribution is 9.10. The Morgan fingerprint density at radius 3 is 2.78 bits per heavy atom. The number of esters is 1. The van der Waals surface area contributed by atoms with Gasteiger partial charge in [-0.3, -0.25) is 4.79 Å². The molecule has 0 atom stereocenters. The number of aromatic nitrogens is 2. The maximum atomic E-state index is 11.3. The molecule has 2 heterocycles. The van der Waals surface area contributed by atoms with E-state index in [0.717, 1.165) is 54.3 Å². The van der Waals surface area contributed by atoms with E-state index in [1.54, 1.807) is 6.33 Å². The monoisotopic (exact) mass is 433 g/mol. The Balaban J connectivity index is 1.49. The van der Waals surface area contributed by atoms with E-state index in [-0.39, 0.29) is 5.97 Å². The summed E-state index contributed by atoms with van der Waals surface area (Å²) in [6, 6.07) is 10.2. The first-order valence-electron chi connectivity index (χ1n) is 9.03. The van der Waals surface area contributed by atoms with Gasteiger partial charge in [0.1, 0.15) is 18.0 Å². The summed E-state index contributed by atoms with van der Waals surface area (Å²) in [7, 11) is 1.43. The van der Waals surface area contributed by atoms with Gasteiger partial charge in [0, 0.05) is 41.9 Å². The van der Waals surface area contributed by atoms with Crippen molar-refractivity contribution in [3.05, 3.63) is 41.1 Å². The minimum Gasteiger partial charge on any atom is -0.469 e. The molecule has 0 amide bonds. The van der Waals surface area contributed by atoms with E-state index in [4.69, 9.17) is 4.74 Å². The SMILES string of the molecule is COC(=O)CCN1CCC(Nc2cc(Nc3cccc(Br)c3)ncn2)CC1. The van der Waals surface area contributed by atoms with Gasteiger partial charge in [-0.05, 0) is 31.0 Å². The second-order valence-electron chi connectivity index (χ2n) is 6.51. The first-order valence-corrected chi connectivity index (χ1v) is 9.82. The molecule has 1 aliphatic heterocycles. The van der Waals surface area contributed by atoms with Gasteiger partial charge in [-0.15, -0.1) is 0 Å². The number of hydrogen-bond acceptors (Lipinski definition) is 7. The number of ether oxygens (including phenoxy) is 1. The quantitative estimate of drug-likeness (QED) is 0.647. The van der Waals surface area contributed by atoms with Crippen molar-refractivity contribution < 1.29 is 9.53 Å². The van der Waals surface area contributed by atoms with Crippen LogP contribution >= 0.6 is 15.9 Å². The van der Waals surface area contributed by atoms with E-state index in [1.807, 2.05) is 30.3 Å². The molecule has 1 saturated heterocycles. The number of likely N-dealkylation sites (tertiary alicyclic amines) is 1. The molecule has 0 saturated carbocycles. The molecular formula is C19H24BrN5O2. The van der Waals surface area contributed by atoms with Crippen molar-refractivity contribution in [1.82, 2.24) is 14.9 Å². The van der Waals surface area contributed by atoms with Crippen LogP contribution in [0.4, 0.5) is 17.3 Å². The predicted molar refractivity (Wildman–Crippen MR) is 109 cm³/mol. The molecule has 0 aliphatic carbocycles. The van der Waals surface area contributed by atoms with Gasteiger partial charge < -0.3 is 20.3 Å². The number of carbonyl (C=O) groups excluding carboxylic acids is 1. The van der Waals surface area contributed by atoms with Gasteiger partial charge in [-0.25, -0.2) is 9.97 Å². The molecule has 8 heteroatoms. The molecule has 2 aromatic rings. The number of halogens is 1. The smallest absolute Gasteiger partial charge is 0.306 e. The summed E-state index contributed by atoms with van der Waals surface area (Å²) in [5.74, 6) is 1.42. The van der Waals surface area contributed by atoms with Crippen LogP contribution in [-0.2, 0) is 9.53 Å². The molecule has 7 nitrogen and oxygen atoms in total. The molecule has 0 radical (unpaired) electrons. The van der Waals surface area contributed by atoms with Gasteiger partial charge >= 0.3 is 5.97 Å². The molecule has 3 rings (SSSR count). The van der Waals surface area contributed by atoms with Crippen LogP contribution in [0.3, 0.4) is 0 Å². The summed E-state index contributed by atoms with van der Waals surface area (Å²) in [4.78, 5) is 22.2. The van der Waals surface area contributed by atoms with Crippen LogP contribution in [-0.4, -0.2) is 53.6 Å². The van der Waals surface area contributed by atoms with Crippen LogP contribution in [0.2, 0.25) is 0 Å². The average molecular weight is 434 g/mol. The Bertz CT molecular complexity index is 765. The number of anilines is 3. The van der Waals surface area contributed by atoms with Gasteiger partial charge in [0.25, 0.3) is 0 Å². The molecule has 1 aliphatic rings. The highest BCUT2D eigenvalue weighted by atomic mass is 79.9. The summed E-state index contributed by atoms with van der Waals surface area (Å²) in [6.07, 6.45) is 4.04. The zero-order valence-electron chi connectivity index (χ0n) is 15.3. The van der Waals surface area contributed by atoms with Crippen molar-refractivity contribution in [2.45, 2.75) is 25.3 Å². The Hall–Kier alpha value is -2.19. The molecular weight excluding hydrogens is 410 g/mol. The molecule has 0 bridgehead atoms. The van der Waals surface area contributed by atoms with Gasteiger partial charge in [0.15, 0.2) is 0 Å². The van der Waals surface area contributed by atoms with Gasteiger partial charge in [-0.1, -0.05) is 22.0 Å². The van der Waals surface area contributed by atoms with Crippen molar-refractivity contribution in [3.8, 4) is 0 Å². The van der Waals surface area contributed by atoms with Crippen LogP contribution in [0.5, 0.6) is 0 Å². The topological polar surface area (TPSA) is 79.4 Å². The number of nitrogens with one attached hydrogen (secondary N) is 2. The lowest BCUT2D eigenvalue weighted by Gasteiger charge is -2.32. The third kappa shape index (κ3) is 6.18. The standard InChI is InChI=1S/C19H24BrN5O2/c1-27-19(26)7-10-25-8-5-15(6-9-25)23-17-12-18(22-13-21-17)24-16-4-2-3-14(20)11-16/h2-4,11-13,15H,5-10H2,1H3,(H2,21,22,23,24). The largest absolute Gasteiger partial charge is 0.469 e. The molecule has 2 N–H and O–H groups in total. The maximum absolute atomic E-state index is 11.3. The highest BCUT2D eigenvalue weighted by Crippen LogP contribution is 2.21. The first kappa shape index (κ1) is 19.6. The predicted octanol–water partition coefficient (Wildman–Crippen LogP) is 3.42. The molecule has 1 aromatic carbocycles. The summed E-state index contributed by atoms with van der Waals surface area (Å²) >= 11 is 3.47. The highest BCUT2D eigenvalue weighted by Gasteiger charge is 2.20. The lowest BCUT2D eigenvalue weighted by Crippen LogP contribution is -2.40. The number of methoxy groups -OCH3 is 1. The number of hydrogen-bond donors (Lipinski definition) is 2. The van der Waals surface area contributed by atoms with Crippen molar-refractivity contribution in [3.63, 3.8) is 0 Å². The van der Waals surface area contributed by atoms with Crippen LogP contribution in [0.15, 0.2) is 41.1 Å². The second-order valence-corrected chi connectivity index (χ2v) is 7.43. The average Bonchev–Trinajstić information content (AvgIpc) is 2.67. The minimum atomic E-state index is -0.151. The van der Waals surface area contributed by atoms with Gasteiger partial charge in [-0.2, -0.15) is 0 Å². The Morgan fingerprint density at radius 1 is 1.26 bits per heavy atom. The zero-order chi connectivity index (χ0) is 19.1. The Kier molecular flexibility index (Phi) is 7.00. The number of benzene rings is 1. The number of carbonyl (C=O) groups is 1. The van der Waals surface area contributed by atoms with Crippen LogP contribution < -0.4 is 10.6 Å². The molecule has 0 unspecified atom stereocenters. The fourth-order valence-electron chi connectivity index (χ4n) is 3.08. The van der Waals surface area contributed by atoms with Crippen molar-refractivity contribution >= 4 is 39.2 Å². The Labute approximate surface area is 167 Å². The summed E-state index contributed by atoms with van der Waals surface area (Å²) in [5.41, 5.74) is 0.966. The third-order valence-corrected chi connectivity index (χ3v) is 5.06. The summed E-state index contributed by atoms with van der Waals surface area (Å²) < 4.78 is 5.71. The number of piperidine rings is 1. The Morgan fingerprint density at radius 2 is 2.04 bits per heavy atom. The van der Waals surface area contributed by atoms with E-state index >= 15 is 0 Å². The summed E-state index contributed by atoms with van der Waals surface area (Å²) in [5, 5.41) is 6.79. The fraction of sp³-hybridized carbons (Fsp3) is 0.421. The lowest BCUT2D eigenvalue weighted by molar-refractivity contribution is -0.141. The summed E-state index contributed by atoms with van der Waals surface area (Å²) in [6.45, 7) is 2.68. The van der Waals surface area contributed by atoms with E-state index in [1.165, 1.54) is 7.11 Å².